The van der Waals surface area contributed by atoms with Gasteiger partial charge in [-0.05, 0) is 48.4 Å². The third-order valence-corrected chi connectivity index (χ3v) is 6.15. The number of pyridine rings is 2. The number of carbonyl (C=O) groups excluding carboxylic acids is 1. The fraction of sp³-hybridized carbons (Fsp3) is 0.200. The van der Waals surface area contributed by atoms with Crippen LogP contribution in [-0.4, -0.2) is 50.2 Å². The number of aromatic nitrogens is 4. The molecule has 1 aromatic carbocycles. The van der Waals surface area contributed by atoms with Crippen LogP contribution in [0.3, 0.4) is 0 Å². The molecule has 0 unspecified atom stereocenters. The van der Waals surface area contributed by atoms with Gasteiger partial charge in [0.2, 0.25) is 5.62 Å². The first-order valence-corrected chi connectivity index (χ1v) is 11.4. The summed E-state index contributed by atoms with van der Waals surface area (Å²) >= 11 is 0. The molecule has 2 aromatic rings. The number of fused-ring (bicyclic) bond motifs is 3. The van der Waals surface area contributed by atoms with Crippen LogP contribution in [0.4, 0.5) is 29.6 Å². The Labute approximate surface area is 213 Å². The van der Waals surface area contributed by atoms with E-state index >= 15 is 0 Å². The Hall–Kier alpha value is -4.81. The van der Waals surface area contributed by atoms with Gasteiger partial charge in [-0.2, -0.15) is 23.1 Å². The molecule has 0 fully saturated rings. The number of benzene rings is 1. The maximum Gasteiger partial charge on any atom is 0.420 e. The molecule has 0 saturated heterocycles. The number of aryl methyl sites for hydroxylation is 1. The van der Waals surface area contributed by atoms with Crippen molar-refractivity contribution in [3.63, 3.8) is 0 Å². The highest BCUT2D eigenvalue weighted by Crippen LogP contribution is 2.38. The average Bonchev–Trinajstić information content (AvgIpc) is 3.38. The van der Waals surface area contributed by atoms with E-state index in [1.807, 2.05) is 10.6 Å². The lowest BCUT2D eigenvalue weighted by atomic mass is 9.96. The zero-order valence-corrected chi connectivity index (χ0v) is 20.1. The van der Waals surface area contributed by atoms with Crippen LogP contribution < -0.4 is 15.8 Å². The molecule has 10 nitrogen and oxygen atoms in total. The van der Waals surface area contributed by atoms with Crippen molar-refractivity contribution >= 4 is 23.6 Å². The molecule has 0 atom stereocenters. The van der Waals surface area contributed by atoms with Crippen LogP contribution in [0.25, 0.3) is 22.5 Å². The molecule has 2 amide bonds. The molecule has 5 rings (SSSR count). The minimum absolute atomic E-state index is 0.0246. The van der Waals surface area contributed by atoms with Crippen molar-refractivity contribution in [2.45, 2.75) is 19.6 Å². The number of rotatable bonds is 3. The molecule has 0 aliphatic carbocycles. The molecule has 3 aliphatic heterocycles. The van der Waals surface area contributed by atoms with Gasteiger partial charge >= 0.3 is 12.3 Å². The van der Waals surface area contributed by atoms with Crippen molar-refractivity contribution in [2.75, 3.05) is 23.8 Å². The van der Waals surface area contributed by atoms with Crippen LogP contribution in [0, 0.1) is 6.92 Å². The van der Waals surface area contributed by atoms with Gasteiger partial charge in [0, 0.05) is 49.2 Å². The number of hydrogen-bond donors (Lipinski definition) is 2. The van der Waals surface area contributed by atoms with Crippen LogP contribution in [0.2, 0.25) is 0 Å². The highest BCUT2D eigenvalue weighted by molar-refractivity contribution is 6.18. The van der Waals surface area contributed by atoms with Gasteiger partial charge in [0.15, 0.2) is 0 Å². The predicted octanol–water partition coefficient (Wildman–Crippen LogP) is 4.05. The van der Waals surface area contributed by atoms with Crippen LogP contribution in [0.15, 0.2) is 53.8 Å². The highest BCUT2D eigenvalue weighted by atomic mass is 19.4. The van der Waals surface area contributed by atoms with Crippen molar-refractivity contribution in [2.24, 2.45) is 4.99 Å². The van der Waals surface area contributed by atoms with E-state index in [4.69, 9.17) is 0 Å². The Morgan fingerprint density at radius 2 is 1.92 bits per heavy atom. The van der Waals surface area contributed by atoms with E-state index < -0.39 is 29.6 Å². The van der Waals surface area contributed by atoms with Crippen LogP contribution in [0.5, 0.6) is 0 Å². The number of nitrogens with zero attached hydrogens (tertiary/aromatic N) is 6. The van der Waals surface area contributed by atoms with E-state index in [-0.39, 0.29) is 10.5 Å². The summed E-state index contributed by atoms with van der Waals surface area (Å²) in [6.07, 6.45) is -4.00. The minimum Gasteiger partial charge on any atom is -0.464 e. The van der Waals surface area contributed by atoms with E-state index in [0.29, 0.717) is 36.4 Å². The number of hydrogen-bond acceptors (Lipinski definition) is 7. The standard InChI is InChI=1S/C25H20F3N7O3/c1-13-9-14(22(36)35(24(37)38)19-11-16(5-6-30-19)25(26,27)28)3-4-17(13)18-10-15-12-32-23(29-2)33-20(15)34-8-7-31-21(18)34/h3-6,9-12,31H,7-8H2,1-2H3,(H,37,38). The number of carbonyl (C=O) groups is 2. The molecule has 0 radical (unpaired) electrons. The predicted molar refractivity (Wildman–Crippen MR) is 131 cm³/mol. The Morgan fingerprint density at radius 1 is 1.13 bits per heavy atom. The average molecular weight is 523 g/mol. The molecule has 1 aromatic heterocycles. The van der Waals surface area contributed by atoms with Crippen LogP contribution >= 0.6 is 0 Å². The van der Waals surface area contributed by atoms with Gasteiger partial charge in [0.25, 0.3) is 5.91 Å². The van der Waals surface area contributed by atoms with Crippen LogP contribution in [0.1, 0.15) is 21.5 Å². The maximum atomic E-state index is 13.2. The molecule has 0 saturated carbocycles. The molecular weight excluding hydrogens is 503 g/mol. The van der Waals surface area contributed by atoms with E-state index in [1.165, 1.54) is 12.1 Å². The first-order valence-electron chi connectivity index (χ1n) is 11.4. The summed E-state index contributed by atoms with van der Waals surface area (Å²) in [7, 11) is 1.61. The molecular formula is C25H20F3N7O3. The molecule has 0 bridgehead atoms. The van der Waals surface area contributed by atoms with Gasteiger partial charge < -0.3 is 15.0 Å². The first-order chi connectivity index (χ1) is 18.1. The number of imide groups is 1. The molecule has 0 spiro atoms. The highest BCUT2D eigenvalue weighted by Gasteiger charge is 2.33. The number of halogens is 3. The smallest absolute Gasteiger partial charge is 0.420 e. The fourth-order valence-electron chi connectivity index (χ4n) is 4.41. The molecule has 194 valence electrons. The minimum atomic E-state index is -4.73. The Morgan fingerprint density at radius 3 is 2.61 bits per heavy atom. The van der Waals surface area contributed by atoms with E-state index in [1.54, 1.807) is 26.2 Å². The number of alkyl halides is 3. The number of nitrogens with one attached hydrogen (secondary N) is 1. The van der Waals surface area contributed by atoms with Crippen LogP contribution in [-0.2, 0) is 12.7 Å². The zero-order valence-electron chi connectivity index (χ0n) is 20.1. The second-order valence-corrected chi connectivity index (χ2v) is 8.51. The van der Waals surface area contributed by atoms with E-state index in [2.05, 4.69) is 25.3 Å². The molecule has 38 heavy (non-hydrogen) atoms. The summed E-state index contributed by atoms with van der Waals surface area (Å²) in [6, 6.07) is 7.73. The van der Waals surface area contributed by atoms with Gasteiger partial charge in [-0.15, -0.1) is 0 Å². The van der Waals surface area contributed by atoms with Crippen molar-refractivity contribution in [3.8, 4) is 22.5 Å². The van der Waals surface area contributed by atoms with Crippen molar-refractivity contribution in [1.29, 1.82) is 0 Å². The summed E-state index contributed by atoms with van der Waals surface area (Å²) in [6.45, 7) is 3.11. The summed E-state index contributed by atoms with van der Waals surface area (Å²) in [4.78, 5) is 41.7. The summed E-state index contributed by atoms with van der Waals surface area (Å²) in [5.41, 5.74) is 2.25. The van der Waals surface area contributed by atoms with Gasteiger partial charge in [0.1, 0.15) is 17.5 Å². The first kappa shape index (κ1) is 24.9. The number of anilines is 2. The third kappa shape index (κ3) is 4.31. The van der Waals surface area contributed by atoms with Crippen molar-refractivity contribution in [1.82, 2.24) is 19.5 Å². The number of carboxylic acid groups (broad SMARTS) is 1. The summed E-state index contributed by atoms with van der Waals surface area (Å²) in [5, 5.41) is 13.0. The lowest BCUT2D eigenvalue weighted by Gasteiger charge is -2.20. The zero-order chi connectivity index (χ0) is 27.2. The Kier molecular flexibility index (Phi) is 6.05. The maximum absolute atomic E-state index is 13.2. The summed E-state index contributed by atoms with van der Waals surface area (Å²) in [5.74, 6) is -0.134. The summed E-state index contributed by atoms with van der Waals surface area (Å²) < 4.78 is 41.5. The van der Waals surface area contributed by atoms with Gasteiger partial charge in [-0.3, -0.25) is 9.79 Å². The van der Waals surface area contributed by atoms with Gasteiger partial charge in [-0.25, -0.2) is 14.8 Å². The van der Waals surface area contributed by atoms with Crippen molar-refractivity contribution < 1.29 is 27.9 Å². The number of amides is 2. The van der Waals surface area contributed by atoms with E-state index in [9.17, 15) is 27.9 Å². The normalized spacial score (nSPS) is 13.3. The largest absolute Gasteiger partial charge is 0.464 e. The third-order valence-electron chi connectivity index (χ3n) is 6.15. The molecule has 2 N–H and O–H groups in total. The quantitative estimate of drug-likeness (QED) is 0.415. The topological polar surface area (TPSA) is 126 Å². The molecule has 13 heteroatoms. The van der Waals surface area contributed by atoms with E-state index in [0.717, 1.165) is 34.5 Å². The van der Waals surface area contributed by atoms with Gasteiger partial charge in [-0.1, -0.05) is 6.07 Å². The molecule has 3 aliphatic rings. The van der Waals surface area contributed by atoms with Gasteiger partial charge in [0.05, 0.1) is 5.56 Å². The second-order valence-electron chi connectivity index (χ2n) is 8.51. The molecule has 4 heterocycles. The fourth-order valence-corrected chi connectivity index (χ4v) is 4.41. The Balaban J connectivity index is 1.56. The monoisotopic (exact) mass is 523 g/mol. The lowest BCUT2D eigenvalue weighted by molar-refractivity contribution is -0.137. The Bertz CT molecular complexity index is 1630. The second kappa shape index (κ2) is 9.25. The SMILES string of the molecule is CN=c1ncc2cc(-c3ccc(C(=O)N(C(=O)O)c4cc(C(F)(F)F)ccn4)cc3C)c3n(c-2n1)CCN3. The lowest BCUT2D eigenvalue weighted by Crippen LogP contribution is -2.36. The van der Waals surface area contributed by atoms with Crippen molar-refractivity contribution in [3.05, 3.63) is 71.1 Å².